The number of carbonyl (C=O) groups excluding carboxylic acids is 1. The van der Waals surface area contributed by atoms with Gasteiger partial charge in [-0.05, 0) is 46.5 Å². The fourth-order valence-corrected chi connectivity index (χ4v) is 4.45. The standard InChI is InChI=1S/C15H26N4OS2/c1-5-11-8-6-7-9-19(11)12(20)10-21-14-18-17-13(22-14)16-15(2,3)4/h11H,5-10H2,1-4H3,(H,16,17). The Morgan fingerprint density at radius 2 is 2.18 bits per heavy atom. The van der Waals surface area contributed by atoms with Gasteiger partial charge >= 0.3 is 0 Å². The molecule has 1 fully saturated rings. The van der Waals surface area contributed by atoms with Crippen molar-refractivity contribution >= 4 is 34.1 Å². The second-order valence-corrected chi connectivity index (χ2v) is 8.88. The van der Waals surface area contributed by atoms with Crippen molar-refractivity contribution in [1.29, 1.82) is 0 Å². The number of hydrogen-bond acceptors (Lipinski definition) is 6. The fraction of sp³-hybridized carbons (Fsp3) is 0.800. The SMILES string of the molecule is CCC1CCCCN1C(=O)CSc1nnc(NC(C)(C)C)s1. The molecule has 22 heavy (non-hydrogen) atoms. The van der Waals surface area contributed by atoms with Crippen molar-refractivity contribution in [1.82, 2.24) is 15.1 Å². The molecule has 1 saturated heterocycles. The Hall–Kier alpha value is -0.820. The van der Waals surface area contributed by atoms with Crippen molar-refractivity contribution < 1.29 is 4.79 Å². The van der Waals surface area contributed by atoms with Crippen molar-refractivity contribution in [2.45, 2.75) is 69.3 Å². The molecule has 0 bridgehead atoms. The number of rotatable bonds is 5. The van der Waals surface area contributed by atoms with Crippen LogP contribution in [0.25, 0.3) is 0 Å². The van der Waals surface area contributed by atoms with Crippen molar-refractivity contribution in [3.63, 3.8) is 0 Å². The van der Waals surface area contributed by atoms with Crippen LogP contribution in [0.2, 0.25) is 0 Å². The maximum atomic E-state index is 12.4. The summed E-state index contributed by atoms with van der Waals surface area (Å²) in [4.78, 5) is 14.5. The van der Waals surface area contributed by atoms with Gasteiger partial charge in [0.25, 0.3) is 0 Å². The van der Waals surface area contributed by atoms with Gasteiger partial charge in [-0.3, -0.25) is 4.79 Å². The number of hydrogen-bond donors (Lipinski definition) is 1. The second-order valence-electron chi connectivity index (χ2n) is 6.68. The molecule has 1 N–H and O–H groups in total. The van der Waals surface area contributed by atoms with Crippen molar-refractivity contribution in [2.24, 2.45) is 0 Å². The number of piperidine rings is 1. The van der Waals surface area contributed by atoms with Crippen LogP contribution in [0, 0.1) is 0 Å². The molecule has 0 aromatic carbocycles. The third-order valence-corrected chi connectivity index (χ3v) is 5.58. The third kappa shape index (κ3) is 5.12. The predicted octanol–water partition coefficient (Wildman–Crippen LogP) is 3.63. The van der Waals surface area contributed by atoms with Crippen molar-refractivity contribution in [2.75, 3.05) is 17.6 Å². The summed E-state index contributed by atoms with van der Waals surface area (Å²) < 4.78 is 0.852. The van der Waals surface area contributed by atoms with Crippen LogP contribution >= 0.6 is 23.1 Å². The average Bonchev–Trinajstić information content (AvgIpc) is 2.90. The van der Waals surface area contributed by atoms with Gasteiger partial charge in [0.1, 0.15) is 0 Å². The Bertz CT molecular complexity index is 498. The lowest BCUT2D eigenvalue weighted by molar-refractivity contribution is -0.132. The number of carbonyl (C=O) groups is 1. The Morgan fingerprint density at radius 1 is 1.41 bits per heavy atom. The summed E-state index contributed by atoms with van der Waals surface area (Å²) in [7, 11) is 0. The minimum atomic E-state index is -0.0283. The molecule has 1 atom stereocenters. The Labute approximate surface area is 141 Å². The highest BCUT2D eigenvalue weighted by molar-refractivity contribution is 8.01. The van der Waals surface area contributed by atoms with Gasteiger partial charge in [-0.2, -0.15) is 0 Å². The molecule has 1 aromatic rings. The van der Waals surface area contributed by atoms with Crippen LogP contribution in [0.15, 0.2) is 4.34 Å². The summed E-state index contributed by atoms with van der Waals surface area (Å²) in [5.74, 6) is 0.692. The first kappa shape index (κ1) is 17.5. The topological polar surface area (TPSA) is 58.1 Å². The zero-order valence-corrected chi connectivity index (χ0v) is 15.5. The lowest BCUT2D eigenvalue weighted by Crippen LogP contribution is -2.44. The first-order valence-corrected chi connectivity index (χ1v) is 9.73. The van der Waals surface area contributed by atoms with E-state index in [9.17, 15) is 4.79 Å². The van der Waals surface area contributed by atoms with Crippen LogP contribution in [0.4, 0.5) is 5.13 Å². The van der Waals surface area contributed by atoms with Crippen LogP contribution in [-0.4, -0.2) is 44.9 Å². The third-order valence-electron chi connectivity index (χ3n) is 3.63. The summed E-state index contributed by atoms with van der Waals surface area (Å²) in [5.41, 5.74) is -0.0283. The van der Waals surface area contributed by atoms with Gasteiger partial charge in [0, 0.05) is 18.1 Å². The molecule has 1 amide bonds. The molecule has 1 aliphatic heterocycles. The number of likely N-dealkylation sites (tertiary alicyclic amines) is 1. The van der Waals surface area contributed by atoms with Gasteiger partial charge in [0.05, 0.1) is 5.75 Å². The molecule has 0 saturated carbocycles. The number of thioether (sulfide) groups is 1. The monoisotopic (exact) mass is 342 g/mol. The smallest absolute Gasteiger partial charge is 0.233 e. The summed E-state index contributed by atoms with van der Waals surface area (Å²) in [6.45, 7) is 9.34. The summed E-state index contributed by atoms with van der Waals surface area (Å²) in [6.07, 6.45) is 4.57. The number of aromatic nitrogens is 2. The molecule has 0 radical (unpaired) electrons. The van der Waals surface area contributed by atoms with E-state index >= 15 is 0 Å². The van der Waals surface area contributed by atoms with E-state index in [0.29, 0.717) is 11.8 Å². The Morgan fingerprint density at radius 3 is 2.86 bits per heavy atom. The quantitative estimate of drug-likeness (QED) is 0.828. The molecule has 1 aliphatic rings. The molecule has 2 heterocycles. The molecule has 0 spiro atoms. The number of nitrogens with one attached hydrogen (secondary N) is 1. The van der Waals surface area contributed by atoms with E-state index < -0.39 is 0 Å². The summed E-state index contributed by atoms with van der Waals surface area (Å²) in [6, 6.07) is 0.425. The fourth-order valence-electron chi connectivity index (χ4n) is 2.60. The molecule has 7 heteroatoms. The van der Waals surface area contributed by atoms with Crippen molar-refractivity contribution in [3.8, 4) is 0 Å². The maximum absolute atomic E-state index is 12.4. The van der Waals surface area contributed by atoms with Gasteiger partial charge in [-0.1, -0.05) is 30.0 Å². The minimum absolute atomic E-state index is 0.0283. The maximum Gasteiger partial charge on any atom is 0.233 e. The lowest BCUT2D eigenvalue weighted by atomic mass is 10.0. The molecule has 5 nitrogen and oxygen atoms in total. The van der Waals surface area contributed by atoms with E-state index in [-0.39, 0.29) is 11.4 Å². The zero-order chi connectivity index (χ0) is 16.2. The van der Waals surface area contributed by atoms with E-state index in [0.717, 1.165) is 35.3 Å². The Kier molecular flexibility index (Phi) is 6.09. The van der Waals surface area contributed by atoms with E-state index in [1.165, 1.54) is 29.5 Å². The zero-order valence-electron chi connectivity index (χ0n) is 13.9. The van der Waals surface area contributed by atoms with Gasteiger partial charge in [-0.15, -0.1) is 10.2 Å². The van der Waals surface area contributed by atoms with Gasteiger partial charge in [0.15, 0.2) is 4.34 Å². The summed E-state index contributed by atoms with van der Waals surface area (Å²) >= 11 is 3.01. The van der Waals surface area contributed by atoms with E-state index in [1.807, 2.05) is 0 Å². The largest absolute Gasteiger partial charge is 0.355 e. The van der Waals surface area contributed by atoms with Crippen LogP contribution in [0.1, 0.15) is 53.4 Å². The number of nitrogens with zero attached hydrogens (tertiary/aromatic N) is 3. The molecule has 0 aliphatic carbocycles. The van der Waals surface area contributed by atoms with Gasteiger partial charge < -0.3 is 10.2 Å². The molecular weight excluding hydrogens is 316 g/mol. The first-order valence-electron chi connectivity index (χ1n) is 7.93. The van der Waals surface area contributed by atoms with Crippen LogP contribution in [-0.2, 0) is 4.79 Å². The molecular formula is C15H26N4OS2. The first-order chi connectivity index (χ1) is 10.4. The highest BCUT2D eigenvalue weighted by Crippen LogP contribution is 2.28. The average molecular weight is 343 g/mol. The van der Waals surface area contributed by atoms with Crippen LogP contribution in [0.3, 0.4) is 0 Å². The number of amides is 1. The normalized spacial score (nSPS) is 19.3. The summed E-state index contributed by atoms with van der Waals surface area (Å²) in [5, 5.41) is 12.4. The van der Waals surface area contributed by atoms with Crippen LogP contribution < -0.4 is 5.32 Å². The highest BCUT2D eigenvalue weighted by Gasteiger charge is 2.25. The van der Waals surface area contributed by atoms with E-state index in [1.54, 1.807) is 0 Å². The number of anilines is 1. The molecule has 1 aromatic heterocycles. The lowest BCUT2D eigenvalue weighted by Gasteiger charge is -2.35. The molecule has 2 rings (SSSR count). The van der Waals surface area contributed by atoms with Crippen LogP contribution in [0.5, 0.6) is 0 Å². The van der Waals surface area contributed by atoms with Gasteiger partial charge in [-0.25, -0.2) is 0 Å². The minimum Gasteiger partial charge on any atom is -0.355 e. The van der Waals surface area contributed by atoms with E-state index in [2.05, 4.69) is 48.1 Å². The second kappa shape index (κ2) is 7.64. The molecule has 124 valence electrons. The van der Waals surface area contributed by atoms with Gasteiger partial charge in [0.2, 0.25) is 11.0 Å². The predicted molar refractivity (Wildman–Crippen MR) is 93.7 cm³/mol. The Balaban J connectivity index is 1.85. The van der Waals surface area contributed by atoms with E-state index in [4.69, 9.17) is 0 Å². The van der Waals surface area contributed by atoms with Crippen molar-refractivity contribution in [3.05, 3.63) is 0 Å². The highest BCUT2D eigenvalue weighted by atomic mass is 32.2. The molecule has 1 unspecified atom stereocenters.